The SMILES string of the molecule is O=[C]OCCC(Br)(Br)Br. The van der Waals surface area contributed by atoms with Crippen molar-refractivity contribution in [2.45, 2.75) is 8.56 Å². The molecule has 0 aliphatic heterocycles. The van der Waals surface area contributed by atoms with Gasteiger partial charge >= 0.3 is 6.47 Å². The minimum absolute atomic E-state index is 0.316. The van der Waals surface area contributed by atoms with Crippen molar-refractivity contribution in [3.8, 4) is 0 Å². The smallest absolute Gasteiger partial charge is 0.417 e. The summed E-state index contributed by atoms with van der Waals surface area (Å²) in [6, 6.07) is 0. The molecule has 2 nitrogen and oxygen atoms in total. The van der Waals surface area contributed by atoms with E-state index in [4.69, 9.17) is 0 Å². The molecule has 0 bridgehead atoms. The van der Waals surface area contributed by atoms with Crippen LogP contribution in [0.25, 0.3) is 0 Å². The minimum Gasteiger partial charge on any atom is -0.457 e. The molecule has 0 rings (SSSR count). The first kappa shape index (κ1) is 9.91. The van der Waals surface area contributed by atoms with Gasteiger partial charge in [-0.2, -0.15) is 0 Å². The average molecular weight is 324 g/mol. The normalized spacial score (nSPS) is 11.0. The number of hydrogen-bond donors (Lipinski definition) is 0. The Balaban J connectivity index is 3.17. The second-order valence-electron chi connectivity index (χ2n) is 1.30. The maximum atomic E-state index is 9.50. The summed E-state index contributed by atoms with van der Waals surface area (Å²) < 4.78 is 4.00. The van der Waals surface area contributed by atoms with Crippen molar-refractivity contribution >= 4 is 54.3 Å². The van der Waals surface area contributed by atoms with E-state index in [-0.39, 0.29) is 2.14 Å². The highest BCUT2D eigenvalue weighted by molar-refractivity contribution is 9.39. The van der Waals surface area contributed by atoms with Crippen molar-refractivity contribution < 1.29 is 9.53 Å². The van der Waals surface area contributed by atoms with Crippen LogP contribution in [0, 0.1) is 0 Å². The molecule has 1 radical (unpaired) electrons. The Morgan fingerprint density at radius 2 is 2.00 bits per heavy atom. The van der Waals surface area contributed by atoms with Crippen LogP contribution in [0.1, 0.15) is 6.42 Å². The number of halogens is 3. The Morgan fingerprint density at radius 1 is 1.44 bits per heavy atom. The molecule has 0 saturated heterocycles. The lowest BCUT2D eigenvalue weighted by Gasteiger charge is -2.08. The second kappa shape index (κ2) is 4.68. The number of ether oxygens (including phenoxy) is 1. The Bertz CT molecular complexity index is 88.3. The van der Waals surface area contributed by atoms with E-state index in [1.165, 1.54) is 6.47 Å². The van der Waals surface area contributed by atoms with Gasteiger partial charge in [0.25, 0.3) is 0 Å². The summed E-state index contributed by atoms with van der Waals surface area (Å²) in [6.45, 7) is 1.67. The highest BCUT2D eigenvalue weighted by Gasteiger charge is 2.16. The van der Waals surface area contributed by atoms with Crippen LogP contribution in [-0.2, 0) is 9.53 Å². The molecule has 0 atom stereocenters. The summed E-state index contributed by atoms with van der Waals surface area (Å²) in [6.07, 6.45) is 0.641. The third kappa shape index (κ3) is 8.91. The Morgan fingerprint density at radius 3 is 2.33 bits per heavy atom. The van der Waals surface area contributed by atoms with Crippen LogP contribution in [0.4, 0.5) is 0 Å². The molecule has 0 amide bonds. The van der Waals surface area contributed by atoms with Gasteiger partial charge in [0.2, 0.25) is 0 Å². The fourth-order valence-electron chi connectivity index (χ4n) is 0.208. The fraction of sp³-hybridized carbons (Fsp3) is 0.750. The van der Waals surface area contributed by atoms with Gasteiger partial charge in [-0.3, -0.25) is 0 Å². The van der Waals surface area contributed by atoms with E-state index < -0.39 is 0 Å². The molecule has 0 spiro atoms. The summed E-state index contributed by atoms with van der Waals surface area (Å²) in [4.78, 5) is 9.50. The third-order valence-corrected chi connectivity index (χ3v) is 1.74. The first-order valence-electron chi connectivity index (χ1n) is 2.12. The van der Waals surface area contributed by atoms with Gasteiger partial charge in [0.05, 0.1) is 6.61 Å². The molecule has 0 fully saturated rings. The van der Waals surface area contributed by atoms with Crippen molar-refractivity contribution in [1.29, 1.82) is 0 Å². The molecule has 0 aromatic carbocycles. The van der Waals surface area contributed by atoms with Gasteiger partial charge in [0.1, 0.15) is 2.14 Å². The van der Waals surface area contributed by atoms with Gasteiger partial charge in [-0.25, -0.2) is 4.79 Å². The molecule has 0 heterocycles. The van der Waals surface area contributed by atoms with Crippen molar-refractivity contribution in [3.63, 3.8) is 0 Å². The standard InChI is InChI=1S/C4H4Br3O2/c5-4(6,7)1-2-9-3-8/h1-2H2. The van der Waals surface area contributed by atoms with Gasteiger partial charge in [0, 0.05) is 6.42 Å². The molecule has 53 valence electrons. The van der Waals surface area contributed by atoms with Crippen molar-refractivity contribution in [3.05, 3.63) is 0 Å². The maximum Gasteiger partial charge on any atom is 0.417 e. The van der Waals surface area contributed by atoms with Crippen molar-refractivity contribution in [1.82, 2.24) is 0 Å². The van der Waals surface area contributed by atoms with Crippen molar-refractivity contribution in [2.24, 2.45) is 0 Å². The predicted molar refractivity (Wildman–Crippen MR) is 45.8 cm³/mol. The first-order valence-corrected chi connectivity index (χ1v) is 4.50. The average Bonchev–Trinajstić information content (AvgIpc) is 1.63. The molecular weight excluding hydrogens is 320 g/mol. The second-order valence-corrected chi connectivity index (χ2v) is 8.55. The fourth-order valence-corrected chi connectivity index (χ4v) is 0.694. The molecule has 0 unspecified atom stereocenters. The van der Waals surface area contributed by atoms with Crippen LogP contribution in [-0.4, -0.2) is 15.2 Å². The van der Waals surface area contributed by atoms with Gasteiger partial charge in [-0.05, 0) is 0 Å². The number of carbonyl (C=O) groups excluding carboxylic acids is 1. The Hall–Kier alpha value is 0.910. The van der Waals surface area contributed by atoms with Gasteiger partial charge in [0.15, 0.2) is 0 Å². The molecule has 0 aromatic heterocycles. The lowest BCUT2D eigenvalue weighted by Crippen LogP contribution is -2.04. The Labute approximate surface area is 78.7 Å². The van der Waals surface area contributed by atoms with E-state index >= 15 is 0 Å². The molecule has 0 aromatic rings. The van der Waals surface area contributed by atoms with E-state index in [2.05, 4.69) is 52.5 Å². The molecule has 9 heavy (non-hydrogen) atoms. The van der Waals surface area contributed by atoms with Crippen LogP contribution in [0.5, 0.6) is 0 Å². The van der Waals surface area contributed by atoms with Crippen LogP contribution in [0.15, 0.2) is 0 Å². The van der Waals surface area contributed by atoms with E-state index in [1.54, 1.807) is 0 Å². The first-order chi connectivity index (χ1) is 4.06. The quantitative estimate of drug-likeness (QED) is 0.588. The lowest BCUT2D eigenvalue weighted by molar-refractivity contribution is 0.277. The van der Waals surface area contributed by atoms with E-state index in [0.717, 1.165) is 0 Å². The van der Waals surface area contributed by atoms with Crippen molar-refractivity contribution in [2.75, 3.05) is 6.61 Å². The monoisotopic (exact) mass is 321 g/mol. The zero-order valence-electron chi connectivity index (χ0n) is 4.36. The largest absolute Gasteiger partial charge is 0.457 e. The maximum absolute atomic E-state index is 9.50. The summed E-state index contributed by atoms with van der Waals surface area (Å²) in [5, 5.41) is 0. The third-order valence-electron chi connectivity index (χ3n) is 0.547. The number of alkyl halides is 3. The molecule has 0 aliphatic carbocycles. The molecule has 0 N–H and O–H groups in total. The molecular formula is C4H4Br3O2. The lowest BCUT2D eigenvalue weighted by atomic mass is 10.5. The predicted octanol–water partition coefficient (Wildman–Crippen LogP) is 2.30. The number of rotatable bonds is 3. The van der Waals surface area contributed by atoms with Crippen LogP contribution in [0.2, 0.25) is 0 Å². The minimum atomic E-state index is -0.316. The van der Waals surface area contributed by atoms with Crippen LogP contribution < -0.4 is 0 Å². The number of hydrogen-bond acceptors (Lipinski definition) is 2. The highest BCUT2D eigenvalue weighted by atomic mass is 80.0. The van der Waals surface area contributed by atoms with Crippen LogP contribution >= 0.6 is 47.8 Å². The molecule has 5 heteroatoms. The zero-order valence-corrected chi connectivity index (χ0v) is 9.12. The zero-order chi connectivity index (χ0) is 7.33. The summed E-state index contributed by atoms with van der Waals surface area (Å²) in [5.41, 5.74) is 0. The van der Waals surface area contributed by atoms with E-state index in [1.807, 2.05) is 0 Å². The van der Waals surface area contributed by atoms with Gasteiger partial charge in [-0.15, -0.1) is 0 Å². The Kier molecular flexibility index (Phi) is 5.16. The summed E-state index contributed by atoms with van der Waals surface area (Å²) >= 11 is 9.70. The molecule has 0 saturated carbocycles. The van der Waals surface area contributed by atoms with Gasteiger partial charge in [-0.1, -0.05) is 47.8 Å². The summed E-state index contributed by atoms with van der Waals surface area (Å²) in [7, 11) is 0. The highest BCUT2D eigenvalue weighted by Crippen LogP contribution is 2.36. The van der Waals surface area contributed by atoms with Gasteiger partial charge < -0.3 is 4.74 Å². The summed E-state index contributed by atoms with van der Waals surface area (Å²) in [5.74, 6) is 0. The van der Waals surface area contributed by atoms with Crippen LogP contribution in [0.3, 0.4) is 0 Å². The van der Waals surface area contributed by atoms with E-state index in [0.29, 0.717) is 13.0 Å². The van der Waals surface area contributed by atoms with E-state index in [9.17, 15) is 4.79 Å². The molecule has 0 aliphatic rings. The topological polar surface area (TPSA) is 26.3 Å².